The van der Waals surface area contributed by atoms with Gasteiger partial charge in [-0.1, -0.05) is 179 Å². The van der Waals surface area contributed by atoms with E-state index in [1.54, 1.807) is 21.1 Å². The average Bonchev–Trinajstić information content (AvgIpc) is 3.21. The molecule has 0 bridgehead atoms. The SMILES string of the molecule is CCCCC/C=C/C=C/CCCCCCCCCCCCC(=O)OC(COCCC(C(=O)[O-])[N+](C)(C)C)COC(=O)CCCCCCCCC/C=C/CCCCCCCC. The number of nitrogens with zero attached hydrogens (tertiary/aromatic N) is 1. The Morgan fingerprint density at radius 2 is 0.883 bits per heavy atom. The summed E-state index contributed by atoms with van der Waals surface area (Å²) in [5.74, 6) is -1.74. The average molecular weight is 846 g/mol. The maximum Gasteiger partial charge on any atom is 0.306 e. The molecule has 0 aromatic heterocycles. The number of likely N-dealkylation sites (N-methyl/N-ethyl adjacent to an activating group) is 1. The molecule has 0 rings (SSSR count). The number of carbonyl (C=O) groups excluding carboxylic acids is 3. The quantitative estimate of drug-likeness (QED) is 0.0198. The van der Waals surface area contributed by atoms with Crippen LogP contribution in [0.15, 0.2) is 36.5 Å². The summed E-state index contributed by atoms with van der Waals surface area (Å²) in [6.45, 7) is 4.65. The van der Waals surface area contributed by atoms with Crippen molar-refractivity contribution in [2.75, 3.05) is 41.0 Å². The van der Waals surface area contributed by atoms with Crippen LogP contribution in [-0.4, -0.2) is 75.5 Å². The summed E-state index contributed by atoms with van der Waals surface area (Å²) < 4.78 is 17.2. The van der Waals surface area contributed by atoms with Crippen molar-refractivity contribution in [3.63, 3.8) is 0 Å². The second-order valence-corrected chi connectivity index (χ2v) is 18.1. The lowest BCUT2D eigenvalue weighted by atomic mass is 10.1. The van der Waals surface area contributed by atoms with Crippen LogP contribution in [0.3, 0.4) is 0 Å². The van der Waals surface area contributed by atoms with Crippen molar-refractivity contribution < 1.29 is 38.2 Å². The Balaban J connectivity index is 4.27. The highest BCUT2D eigenvalue weighted by Gasteiger charge is 2.25. The van der Waals surface area contributed by atoms with E-state index in [-0.39, 0.29) is 42.7 Å². The van der Waals surface area contributed by atoms with Crippen LogP contribution in [0, 0.1) is 0 Å². The monoisotopic (exact) mass is 846 g/mol. The van der Waals surface area contributed by atoms with Crippen LogP contribution in [0.25, 0.3) is 0 Å². The fraction of sp³-hybridized carbons (Fsp3) is 0.827. The molecule has 0 aliphatic carbocycles. The summed E-state index contributed by atoms with van der Waals surface area (Å²) in [6, 6.07) is -0.726. The van der Waals surface area contributed by atoms with Gasteiger partial charge in [0.1, 0.15) is 12.6 Å². The van der Waals surface area contributed by atoms with E-state index in [0.29, 0.717) is 12.8 Å². The first-order valence-corrected chi connectivity index (χ1v) is 25.0. The van der Waals surface area contributed by atoms with Gasteiger partial charge in [0.25, 0.3) is 0 Å². The zero-order valence-corrected chi connectivity index (χ0v) is 39.9. The summed E-state index contributed by atoms with van der Waals surface area (Å²) in [4.78, 5) is 37.0. The van der Waals surface area contributed by atoms with Crippen molar-refractivity contribution in [1.82, 2.24) is 0 Å². The molecule has 2 unspecified atom stereocenters. The predicted octanol–water partition coefficient (Wildman–Crippen LogP) is 12.9. The Morgan fingerprint density at radius 3 is 1.33 bits per heavy atom. The first kappa shape index (κ1) is 57.5. The lowest BCUT2D eigenvalue weighted by Crippen LogP contribution is -2.55. The summed E-state index contributed by atoms with van der Waals surface area (Å²) in [5.41, 5.74) is 0. The first-order valence-electron chi connectivity index (χ1n) is 25.0. The molecule has 0 aromatic rings. The Hall–Kier alpha value is -2.45. The Labute approximate surface area is 370 Å². The second-order valence-electron chi connectivity index (χ2n) is 18.1. The molecule has 8 nitrogen and oxygen atoms in total. The summed E-state index contributed by atoms with van der Waals surface area (Å²) in [7, 11) is 5.41. The van der Waals surface area contributed by atoms with Gasteiger partial charge in [0, 0.05) is 19.3 Å². The molecular weight excluding hydrogens is 751 g/mol. The van der Waals surface area contributed by atoms with Crippen LogP contribution < -0.4 is 5.11 Å². The van der Waals surface area contributed by atoms with Crippen LogP contribution in [0.2, 0.25) is 0 Å². The first-order chi connectivity index (χ1) is 29.1. The minimum atomic E-state index is -1.12. The van der Waals surface area contributed by atoms with E-state index >= 15 is 0 Å². The van der Waals surface area contributed by atoms with E-state index in [0.717, 1.165) is 38.5 Å². The number of unbranched alkanes of at least 4 members (excludes halogenated alkanes) is 26. The third-order valence-corrected chi connectivity index (χ3v) is 11.3. The van der Waals surface area contributed by atoms with Gasteiger partial charge in [-0.25, -0.2) is 0 Å². The molecule has 0 aliphatic heterocycles. The van der Waals surface area contributed by atoms with Crippen LogP contribution in [-0.2, 0) is 28.6 Å². The largest absolute Gasteiger partial charge is 0.544 e. The fourth-order valence-electron chi connectivity index (χ4n) is 7.35. The van der Waals surface area contributed by atoms with Crippen molar-refractivity contribution in [3.8, 4) is 0 Å². The number of carbonyl (C=O) groups is 3. The van der Waals surface area contributed by atoms with Gasteiger partial charge in [0.05, 0.1) is 40.3 Å². The minimum Gasteiger partial charge on any atom is -0.544 e. The molecule has 60 heavy (non-hydrogen) atoms. The highest BCUT2D eigenvalue weighted by molar-refractivity contribution is 5.70. The van der Waals surface area contributed by atoms with Crippen molar-refractivity contribution in [2.24, 2.45) is 0 Å². The number of allylic oxidation sites excluding steroid dienone is 6. The number of rotatable bonds is 45. The third kappa shape index (κ3) is 40.9. The maximum absolute atomic E-state index is 12.8. The van der Waals surface area contributed by atoms with E-state index in [4.69, 9.17) is 14.2 Å². The van der Waals surface area contributed by atoms with Crippen molar-refractivity contribution >= 4 is 17.9 Å². The number of aliphatic carboxylic acids is 1. The Morgan fingerprint density at radius 1 is 0.500 bits per heavy atom. The van der Waals surface area contributed by atoms with Crippen LogP contribution in [0.4, 0.5) is 0 Å². The molecule has 2 atom stereocenters. The van der Waals surface area contributed by atoms with Crippen LogP contribution in [0.5, 0.6) is 0 Å². The minimum absolute atomic E-state index is 0.0398. The third-order valence-electron chi connectivity index (χ3n) is 11.3. The number of hydrogen-bond acceptors (Lipinski definition) is 7. The van der Waals surface area contributed by atoms with Crippen molar-refractivity contribution in [3.05, 3.63) is 36.5 Å². The number of carboxylic acids is 1. The van der Waals surface area contributed by atoms with Gasteiger partial charge in [-0.3, -0.25) is 9.59 Å². The molecule has 0 N–H and O–H groups in total. The molecule has 8 heteroatoms. The predicted molar refractivity (Wildman–Crippen MR) is 250 cm³/mol. The standard InChI is InChI=1S/C52H95NO7/c1-6-8-10-12-14-16-18-20-22-24-25-27-29-31-33-35-37-39-41-43-51(55)60-48(46-58-45-44-49(52(56)57)53(3,4)5)47-59-50(54)42-40-38-36-34-32-30-28-26-23-21-19-17-15-13-11-9-7-2/h14,16,18,20-21,23,48-49H,6-13,15,17,19,22,24-47H2,1-5H3/b16-14+,20-18+,23-21+. The van der Waals surface area contributed by atoms with Crippen LogP contribution in [0.1, 0.15) is 226 Å². The number of esters is 2. The molecular formula is C52H95NO7. The molecule has 0 amide bonds. The lowest BCUT2D eigenvalue weighted by Gasteiger charge is -2.34. The Bertz CT molecular complexity index is 1080. The molecule has 0 spiro atoms. The number of ether oxygens (including phenoxy) is 3. The molecule has 0 fully saturated rings. The fourth-order valence-corrected chi connectivity index (χ4v) is 7.35. The normalized spacial score (nSPS) is 13.2. The van der Waals surface area contributed by atoms with Gasteiger partial charge in [-0.05, 0) is 64.2 Å². The molecule has 0 radical (unpaired) electrons. The van der Waals surface area contributed by atoms with Crippen molar-refractivity contribution in [1.29, 1.82) is 0 Å². The molecule has 0 saturated carbocycles. The molecule has 350 valence electrons. The summed E-state index contributed by atoms with van der Waals surface area (Å²) in [6.07, 6.45) is 50.2. The van der Waals surface area contributed by atoms with Gasteiger partial charge in [0.15, 0.2) is 6.10 Å². The van der Waals surface area contributed by atoms with E-state index < -0.39 is 18.1 Å². The zero-order valence-electron chi connectivity index (χ0n) is 39.9. The van der Waals surface area contributed by atoms with Gasteiger partial charge in [0.2, 0.25) is 0 Å². The van der Waals surface area contributed by atoms with Gasteiger partial charge in [-0.15, -0.1) is 0 Å². The Kier molecular flexibility index (Phi) is 41.4. The smallest absolute Gasteiger partial charge is 0.306 e. The van der Waals surface area contributed by atoms with E-state index in [2.05, 4.69) is 50.3 Å². The molecule has 0 heterocycles. The topological polar surface area (TPSA) is 102 Å². The van der Waals surface area contributed by atoms with E-state index in [1.165, 1.54) is 154 Å². The summed E-state index contributed by atoms with van der Waals surface area (Å²) in [5, 5.41) is 11.7. The van der Waals surface area contributed by atoms with Gasteiger partial charge >= 0.3 is 11.9 Å². The van der Waals surface area contributed by atoms with Crippen molar-refractivity contribution in [2.45, 2.75) is 238 Å². The lowest BCUT2D eigenvalue weighted by molar-refractivity contribution is -0.889. The molecule has 0 aromatic carbocycles. The molecule has 0 aliphatic rings. The number of quaternary nitrogens is 1. The van der Waals surface area contributed by atoms with Gasteiger partial charge < -0.3 is 28.6 Å². The summed E-state index contributed by atoms with van der Waals surface area (Å²) >= 11 is 0. The van der Waals surface area contributed by atoms with E-state index in [9.17, 15) is 19.5 Å². The highest BCUT2D eigenvalue weighted by atomic mass is 16.6. The molecule has 0 saturated heterocycles. The van der Waals surface area contributed by atoms with Gasteiger partial charge in [-0.2, -0.15) is 0 Å². The van der Waals surface area contributed by atoms with Crippen LogP contribution >= 0.6 is 0 Å². The highest BCUT2D eigenvalue weighted by Crippen LogP contribution is 2.15. The maximum atomic E-state index is 12.8. The van der Waals surface area contributed by atoms with E-state index in [1.807, 2.05) is 0 Å². The number of carboxylic acid groups (broad SMARTS) is 1. The number of hydrogen-bond donors (Lipinski definition) is 0. The zero-order chi connectivity index (χ0) is 44.2. The second kappa shape index (κ2) is 43.2.